The topological polar surface area (TPSA) is 79.9 Å². The van der Waals surface area contributed by atoms with E-state index >= 15 is 0 Å². The van der Waals surface area contributed by atoms with Crippen molar-refractivity contribution in [1.82, 2.24) is 24.0 Å². The molecule has 2 aromatic rings. The Labute approximate surface area is 140 Å². The lowest BCUT2D eigenvalue weighted by molar-refractivity contribution is 0.0804. The molecule has 0 radical (unpaired) electrons. The molecule has 2 aliphatic rings. The summed E-state index contributed by atoms with van der Waals surface area (Å²) < 4.78 is 26.3. The Bertz CT molecular complexity index is 895. The molecule has 0 N–H and O–H groups in total. The van der Waals surface area contributed by atoms with Crippen molar-refractivity contribution in [3.63, 3.8) is 0 Å². The summed E-state index contributed by atoms with van der Waals surface area (Å²) in [5.74, 6) is 0.605. The Kier molecular flexibility index (Phi) is 3.93. The highest BCUT2D eigenvalue weighted by atomic mass is 32.2. The molecule has 0 amide bonds. The zero-order valence-corrected chi connectivity index (χ0v) is 14.2. The molecular weight excluding hydrogens is 330 g/mol. The van der Waals surface area contributed by atoms with E-state index in [2.05, 4.69) is 14.9 Å². The number of sulfone groups is 1. The number of piperazine rings is 1. The quantitative estimate of drug-likeness (QED) is 0.725. The highest BCUT2D eigenvalue weighted by Gasteiger charge is 2.33. The second-order valence-electron chi connectivity index (χ2n) is 6.56. The largest absolute Gasteiger partial charge is 0.351 e. The van der Waals surface area contributed by atoms with Gasteiger partial charge in [-0.15, -0.1) is 5.10 Å². The minimum absolute atomic E-state index is 0.130. The van der Waals surface area contributed by atoms with E-state index in [9.17, 15) is 13.2 Å². The first-order chi connectivity index (χ1) is 11.5. The zero-order chi connectivity index (χ0) is 16.7. The summed E-state index contributed by atoms with van der Waals surface area (Å²) in [5.41, 5.74) is 0.521. The molecule has 130 valence electrons. The van der Waals surface area contributed by atoms with Gasteiger partial charge in [0.1, 0.15) is 0 Å². The molecule has 8 nitrogen and oxygen atoms in total. The minimum Gasteiger partial charge on any atom is -0.297 e. The fourth-order valence-electron chi connectivity index (χ4n) is 3.58. The van der Waals surface area contributed by atoms with E-state index in [4.69, 9.17) is 0 Å². The smallest absolute Gasteiger partial charge is 0.297 e. The first-order valence-corrected chi connectivity index (χ1v) is 10.0. The summed E-state index contributed by atoms with van der Waals surface area (Å²) in [5, 5.41) is 4.35. The lowest BCUT2D eigenvalue weighted by Crippen LogP contribution is -2.51. The summed E-state index contributed by atoms with van der Waals surface area (Å²) >= 11 is 0. The van der Waals surface area contributed by atoms with Crippen LogP contribution in [0.5, 0.6) is 0 Å². The number of fused-ring (bicyclic) bond motifs is 1. The summed E-state index contributed by atoms with van der Waals surface area (Å²) in [6.45, 7) is 3.77. The Balaban J connectivity index is 1.39. The van der Waals surface area contributed by atoms with Crippen LogP contribution in [-0.2, 0) is 16.5 Å². The van der Waals surface area contributed by atoms with Crippen LogP contribution in [0, 0.1) is 0 Å². The van der Waals surface area contributed by atoms with Crippen molar-refractivity contribution in [3.05, 3.63) is 34.9 Å². The number of aromatic nitrogens is 3. The van der Waals surface area contributed by atoms with Crippen molar-refractivity contribution in [2.45, 2.75) is 19.1 Å². The summed E-state index contributed by atoms with van der Waals surface area (Å²) in [6, 6.07) is 5.65. The van der Waals surface area contributed by atoms with E-state index in [1.165, 1.54) is 4.68 Å². The van der Waals surface area contributed by atoms with Crippen molar-refractivity contribution in [2.75, 3.05) is 37.7 Å². The summed E-state index contributed by atoms with van der Waals surface area (Å²) in [4.78, 5) is 16.8. The average Bonchev–Trinajstić information content (AvgIpc) is 3.09. The molecule has 0 saturated carbocycles. The third kappa shape index (κ3) is 2.99. The van der Waals surface area contributed by atoms with Crippen molar-refractivity contribution in [3.8, 4) is 0 Å². The Morgan fingerprint density at radius 3 is 2.62 bits per heavy atom. The molecule has 0 bridgehead atoms. The molecule has 2 fully saturated rings. The molecule has 24 heavy (non-hydrogen) atoms. The average molecular weight is 351 g/mol. The van der Waals surface area contributed by atoms with Crippen LogP contribution in [0.3, 0.4) is 0 Å². The van der Waals surface area contributed by atoms with Crippen molar-refractivity contribution in [1.29, 1.82) is 0 Å². The van der Waals surface area contributed by atoms with Crippen LogP contribution in [0.4, 0.5) is 0 Å². The van der Waals surface area contributed by atoms with Crippen molar-refractivity contribution in [2.24, 2.45) is 0 Å². The SMILES string of the molecule is O=c1n(CN2CCN([C@@H]3CCS(=O)(=O)C3)CC2)nc2ccccn12. The van der Waals surface area contributed by atoms with E-state index in [0.717, 1.165) is 32.6 Å². The van der Waals surface area contributed by atoms with Gasteiger partial charge in [-0.3, -0.25) is 14.2 Å². The van der Waals surface area contributed by atoms with E-state index in [1.807, 2.05) is 18.2 Å². The lowest BCUT2D eigenvalue weighted by Gasteiger charge is -2.37. The van der Waals surface area contributed by atoms with Crippen LogP contribution in [0.25, 0.3) is 5.65 Å². The van der Waals surface area contributed by atoms with E-state index < -0.39 is 9.84 Å². The third-order valence-corrected chi connectivity index (χ3v) is 6.70. The highest BCUT2D eigenvalue weighted by molar-refractivity contribution is 7.91. The van der Waals surface area contributed by atoms with Gasteiger partial charge in [-0.25, -0.2) is 13.2 Å². The van der Waals surface area contributed by atoms with Gasteiger partial charge in [-0.2, -0.15) is 4.68 Å². The van der Waals surface area contributed by atoms with E-state index in [0.29, 0.717) is 23.8 Å². The van der Waals surface area contributed by atoms with E-state index in [1.54, 1.807) is 10.6 Å². The second-order valence-corrected chi connectivity index (χ2v) is 8.79. The van der Waals surface area contributed by atoms with Crippen LogP contribution in [-0.4, -0.2) is 76.1 Å². The van der Waals surface area contributed by atoms with Gasteiger partial charge in [0.15, 0.2) is 15.5 Å². The van der Waals surface area contributed by atoms with E-state index in [-0.39, 0.29) is 11.7 Å². The van der Waals surface area contributed by atoms with Gasteiger partial charge >= 0.3 is 5.69 Å². The molecule has 0 unspecified atom stereocenters. The number of pyridine rings is 1. The van der Waals surface area contributed by atoms with Gasteiger partial charge in [-0.1, -0.05) is 6.07 Å². The van der Waals surface area contributed by atoms with Gasteiger partial charge in [0.2, 0.25) is 0 Å². The molecular formula is C15H21N5O3S. The Morgan fingerprint density at radius 2 is 1.96 bits per heavy atom. The first-order valence-electron chi connectivity index (χ1n) is 8.23. The van der Waals surface area contributed by atoms with Crippen LogP contribution in [0.15, 0.2) is 29.2 Å². The standard InChI is InChI=1S/C15H21N5O3S/c21-15-19-5-2-1-3-14(19)16-20(15)12-17-6-8-18(9-7-17)13-4-10-24(22,23)11-13/h1-3,5,13H,4,6-12H2/t13-/m1/s1. The summed E-state index contributed by atoms with van der Waals surface area (Å²) in [7, 11) is -2.84. The van der Waals surface area contributed by atoms with Gasteiger partial charge < -0.3 is 0 Å². The number of hydrogen-bond donors (Lipinski definition) is 0. The van der Waals surface area contributed by atoms with Crippen LogP contribution < -0.4 is 5.69 Å². The molecule has 4 rings (SSSR count). The van der Waals surface area contributed by atoms with Crippen molar-refractivity contribution < 1.29 is 8.42 Å². The maximum atomic E-state index is 12.3. The Hall–Kier alpha value is -1.71. The molecule has 0 aliphatic carbocycles. The number of rotatable bonds is 3. The van der Waals surface area contributed by atoms with Crippen LogP contribution in [0.1, 0.15) is 6.42 Å². The third-order valence-electron chi connectivity index (χ3n) is 4.95. The fourth-order valence-corrected chi connectivity index (χ4v) is 5.34. The molecule has 0 aromatic carbocycles. The fraction of sp³-hybridized carbons (Fsp3) is 0.600. The number of hydrogen-bond acceptors (Lipinski definition) is 6. The Morgan fingerprint density at radius 1 is 1.17 bits per heavy atom. The molecule has 0 spiro atoms. The maximum absolute atomic E-state index is 12.3. The molecule has 2 saturated heterocycles. The van der Waals surface area contributed by atoms with Gasteiger partial charge in [-0.05, 0) is 18.6 Å². The van der Waals surface area contributed by atoms with Gasteiger partial charge in [0.25, 0.3) is 0 Å². The number of nitrogens with zero attached hydrogens (tertiary/aromatic N) is 5. The molecule has 4 heterocycles. The molecule has 2 aromatic heterocycles. The predicted molar refractivity (Wildman–Crippen MR) is 89.7 cm³/mol. The lowest BCUT2D eigenvalue weighted by atomic mass is 10.2. The maximum Gasteiger partial charge on any atom is 0.351 e. The van der Waals surface area contributed by atoms with Gasteiger partial charge in [0.05, 0.1) is 18.2 Å². The normalized spacial score (nSPS) is 25.4. The monoisotopic (exact) mass is 351 g/mol. The molecule has 1 atom stereocenters. The minimum atomic E-state index is -2.84. The van der Waals surface area contributed by atoms with Gasteiger partial charge in [0, 0.05) is 38.4 Å². The molecule has 2 aliphatic heterocycles. The zero-order valence-electron chi connectivity index (χ0n) is 13.4. The van der Waals surface area contributed by atoms with Crippen molar-refractivity contribution >= 4 is 15.5 Å². The summed E-state index contributed by atoms with van der Waals surface area (Å²) in [6.07, 6.45) is 2.47. The van der Waals surface area contributed by atoms with Crippen LogP contribution >= 0.6 is 0 Å². The van der Waals surface area contributed by atoms with Crippen LogP contribution in [0.2, 0.25) is 0 Å². The highest BCUT2D eigenvalue weighted by Crippen LogP contribution is 2.19. The molecule has 9 heteroatoms. The predicted octanol–water partition coefficient (Wildman–Crippen LogP) is -0.742. The first kappa shape index (κ1) is 15.8. The second kappa shape index (κ2) is 5.98.